The highest BCUT2D eigenvalue weighted by atomic mass is 16.3. The second-order valence-corrected chi connectivity index (χ2v) is 5.90. The average molecular weight is 336 g/mol. The number of aromatic nitrogens is 2. The molecule has 1 amide bonds. The van der Waals surface area contributed by atoms with Gasteiger partial charge < -0.3 is 15.1 Å². The summed E-state index contributed by atoms with van der Waals surface area (Å²) in [5, 5.41) is 5.94. The maximum atomic E-state index is 12.5. The molecule has 6 heteroatoms. The van der Waals surface area contributed by atoms with E-state index in [1.807, 2.05) is 51.1 Å². The van der Waals surface area contributed by atoms with E-state index in [-0.39, 0.29) is 5.91 Å². The van der Waals surface area contributed by atoms with Gasteiger partial charge in [0.2, 0.25) is 5.95 Å². The van der Waals surface area contributed by atoms with Crippen molar-refractivity contribution in [2.24, 2.45) is 0 Å². The number of furan rings is 1. The fraction of sp³-hybridized carbons (Fsp3) is 0.211. The summed E-state index contributed by atoms with van der Waals surface area (Å²) < 4.78 is 5.27. The molecule has 0 aliphatic heterocycles. The molecule has 0 radical (unpaired) electrons. The van der Waals surface area contributed by atoms with Gasteiger partial charge in [-0.15, -0.1) is 0 Å². The lowest BCUT2D eigenvalue weighted by Crippen LogP contribution is -2.16. The Bertz CT molecular complexity index is 888. The van der Waals surface area contributed by atoms with Crippen molar-refractivity contribution in [2.75, 3.05) is 10.6 Å². The molecule has 128 valence electrons. The molecule has 1 aromatic carbocycles. The first-order valence-corrected chi connectivity index (χ1v) is 8.02. The third kappa shape index (κ3) is 4.23. The Morgan fingerprint density at radius 2 is 1.92 bits per heavy atom. The van der Waals surface area contributed by atoms with Crippen LogP contribution in [-0.2, 0) is 6.54 Å². The Morgan fingerprint density at radius 3 is 2.64 bits per heavy atom. The van der Waals surface area contributed by atoms with Gasteiger partial charge in [-0.2, -0.15) is 0 Å². The third-order valence-corrected chi connectivity index (χ3v) is 3.85. The van der Waals surface area contributed by atoms with Crippen molar-refractivity contribution in [1.82, 2.24) is 9.97 Å². The number of benzene rings is 1. The zero-order valence-corrected chi connectivity index (χ0v) is 14.5. The Morgan fingerprint density at radius 1 is 1.08 bits per heavy atom. The molecule has 2 aromatic heterocycles. The van der Waals surface area contributed by atoms with E-state index in [2.05, 4.69) is 20.6 Å². The summed E-state index contributed by atoms with van der Waals surface area (Å²) >= 11 is 0. The lowest BCUT2D eigenvalue weighted by Gasteiger charge is -2.09. The number of anilines is 2. The van der Waals surface area contributed by atoms with Crippen LogP contribution in [0.2, 0.25) is 0 Å². The van der Waals surface area contributed by atoms with Crippen LogP contribution in [0.4, 0.5) is 11.6 Å². The molecule has 0 aliphatic rings. The Labute approximate surface area is 146 Å². The minimum atomic E-state index is -0.269. The number of carbonyl (C=O) groups excluding carboxylic acids is 1. The fourth-order valence-corrected chi connectivity index (χ4v) is 2.36. The minimum Gasteiger partial charge on any atom is -0.467 e. The second-order valence-electron chi connectivity index (χ2n) is 5.90. The summed E-state index contributed by atoms with van der Waals surface area (Å²) in [6.07, 6.45) is 1.61. The van der Waals surface area contributed by atoms with E-state index in [1.165, 1.54) is 5.56 Å². The second kappa shape index (κ2) is 7.17. The fourth-order valence-electron chi connectivity index (χ4n) is 2.36. The maximum Gasteiger partial charge on any atom is 0.274 e. The van der Waals surface area contributed by atoms with Gasteiger partial charge in [-0.25, -0.2) is 9.97 Å². The van der Waals surface area contributed by atoms with Crippen molar-refractivity contribution < 1.29 is 9.21 Å². The highest BCUT2D eigenvalue weighted by Crippen LogP contribution is 2.15. The Hall–Kier alpha value is -3.15. The molecule has 0 saturated carbocycles. The van der Waals surface area contributed by atoms with Crippen molar-refractivity contribution >= 4 is 17.5 Å². The first kappa shape index (κ1) is 16.7. The summed E-state index contributed by atoms with van der Waals surface area (Å²) in [4.78, 5) is 21.1. The highest BCUT2D eigenvalue weighted by molar-refractivity contribution is 6.03. The van der Waals surface area contributed by atoms with E-state index in [0.717, 1.165) is 17.0 Å². The van der Waals surface area contributed by atoms with Gasteiger partial charge in [0.25, 0.3) is 5.91 Å². The Balaban J connectivity index is 1.74. The average Bonchev–Trinajstić information content (AvgIpc) is 3.09. The van der Waals surface area contributed by atoms with Crippen LogP contribution in [0.5, 0.6) is 0 Å². The van der Waals surface area contributed by atoms with Crippen LogP contribution in [0.25, 0.3) is 0 Å². The molecule has 6 nitrogen and oxygen atoms in total. The molecule has 2 N–H and O–H groups in total. The standard InChI is InChI=1S/C19H20N4O2/c1-12-6-7-15(9-13(12)2)22-18(24)17-10-14(3)21-19(23-17)20-11-16-5-4-8-25-16/h4-10H,11H2,1-3H3,(H,22,24)(H,20,21,23). The Kier molecular flexibility index (Phi) is 4.79. The number of hydrogen-bond donors (Lipinski definition) is 2. The summed E-state index contributed by atoms with van der Waals surface area (Å²) in [5.74, 6) is 0.891. The van der Waals surface area contributed by atoms with E-state index >= 15 is 0 Å². The predicted molar refractivity (Wildman–Crippen MR) is 96.7 cm³/mol. The van der Waals surface area contributed by atoms with Gasteiger partial charge in [-0.3, -0.25) is 4.79 Å². The van der Waals surface area contributed by atoms with Crippen LogP contribution in [-0.4, -0.2) is 15.9 Å². The highest BCUT2D eigenvalue weighted by Gasteiger charge is 2.11. The molecule has 0 spiro atoms. The summed E-state index contributed by atoms with van der Waals surface area (Å²) in [6, 6.07) is 11.1. The van der Waals surface area contributed by atoms with Crippen LogP contribution >= 0.6 is 0 Å². The predicted octanol–water partition coefficient (Wildman–Crippen LogP) is 3.86. The number of nitrogens with zero attached hydrogens (tertiary/aromatic N) is 2. The molecule has 0 aliphatic carbocycles. The number of hydrogen-bond acceptors (Lipinski definition) is 5. The molecule has 0 atom stereocenters. The van der Waals surface area contributed by atoms with Gasteiger partial charge in [0, 0.05) is 11.4 Å². The normalized spacial score (nSPS) is 10.5. The van der Waals surface area contributed by atoms with Gasteiger partial charge in [0.15, 0.2) is 0 Å². The number of rotatable bonds is 5. The van der Waals surface area contributed by atoms with Crippen molar-refractivity contribution in [1.29, 1.82) is 0 Å². The summed E-state index contributed by atoms with van der Waals surface area (Å²) in [7, 11) is 0. The molecule has 0 fully saturated rings. The van der Waals surface area contributed by atoms with Gasteiger partial charge in [-0.1, -0.05) is 6.07 Å². The van der Waals surface area contributed by atoms with Crippen molar-refractivity contribution in [3.63, 3.8) is 0 Å². The van der Waals surface area contributed by atoms with Gasteiger partial charge in [0.05, 0.1) is 12.8 Å². The molecule has 25 heavy (non-hydrogen) atoms. The molecule has 0 saturated heterocycles. The first-order valence-electron chi connectivity index (χ1n) is 8.02. The number of carbonyl (C=O) groups is 1. The van der Waals surface area contributed by atoms with Crippen LogP contribution in [0, 0.1) is 20.8 Å². The van der Waals surface area contributed by atoms with E-state index in [4.69, 9.17) is 4.42 Å². The van der Waals surface area contributed by atoms with Crippen LogP contribution in [0.1, 0.15) is 33.1 Å². The van der Waals surface area contributed by atoms with Gasteiger partial charge in [0.1, 0.15) is 11.5 Å². The third-order valence-electron chi connectivity index (χ3n) is 3.85. The van der Waals surface area contributed by atoms with Crippen molar-refractivity contribution in [3.05, 3.63) is 70.9 Å². The maximum absolute atomic E-state index is 12.5. The molecular formula is C19H20N4O2. The molecule has 3 aromatic rings. The van der Waals surface area contributed by atoms with Crippen LogP contribution in [0.15, 0.2) is 47.1 Å². The van der Waals surface area contributed by atoms with Gasteiger partial charge in [-0.05, 0) is 62.2 Å². The monoisotopic (exact) mass is 336 g/mol. The molecule has 2 heterocycles. The van der Waals surface area contributed by atoms with E-state index in [0.29, 0.717) is 23.9 Å². The number of nitrogens with one attached hydrogen (secondary N) is 2. The topological polar surface area (TPSA) is 80.0 Å². The first-order chi connectivity index (χ1) is 12.0. The van der Waals surface area contributed by atoms with Gasteiger partial charge >= 0.3 is 0 Å². The lowest BCUT2D eigenvalue weighted by molar-refractivity contribution is 0.102. The quantitative estimate of drug-likeness (QED) is 0.739. The van der Waals surface area contributed by atoms with E-state index in [1.54, 1.807) is 12.3 Å². The zero-order chi connectivity index (χ0) is 17.8. The van der Waals surface area contributed by atoms with Crippen LogP contribution in [0.3, 0.4) is 0 Å². The molecule has 0 unspecified atom stereocenters. The summed E-state index contributed by atoms with van der Waals surface area (Å²) in [6.45, 7) is 6.32. The summed E-state index contributed by atoms with van der Waals surface area (Å²) in [5.41, 5.74) is 4.07. The van der Waals surface area contributed by atoms with Crippen molar-refractivity contribution in [3.8, 4) is 0 Å². The van der Waals surface area contributed by atoms with E-state index < -0.39 is 0 Å². The number of aryl methyl sites for hydroxylation is 3. The molecule has 0 bridgehead atoms. The van der Waals surface area contributed by atoms with E-state index in [9.17, 15) is 4.79 Å². The molecular weight excluding hydrogens is 316 g/mol. The number of amides is 1. The SMILES string of the molecule is Cc1cc(C(=O)Nc2ccc(C)c(C)c2)nc(NCc2ccco2)n1. The molecule has 3 rings (SSSR count). The zero-order valence-electron chi connectivity index (χ0n) is 14.5. The minimum absolute atomic E-state index is 0.269. The largest absolute Gasteiger partial charge is 0.467 e. The van der Waals surface area contributed by atoms with Crippen molar-refractivity contribution in [2.45, 2.75) is 27.3 Å². The van der Waals surface area contributed by atoms with Crippen LogP contribution < -0.4 is 10.6 Å². The smallest absolute Gasteiger partial charge is 0.274 e. The lowest BCUT2D eigenvalue weighted by atomic mass is 10.1.